The summed E-state index contributed by atoms with van der Waals surface area (Å²) < 4.78 is 5.04. The summed E-state index contributed by atoms with van der Waals surface area (Å²) in [6.07, 6.45) is 1.88. The van der Waals surface area contributed by atoms with Gasteiger partial charge >= 0.3 is 5.70 Å². The molecule has 6 nitrogen and oxygen atoms in total. The molecular weight excluding hydrogens is 278 g/mol. The Kier molecular flexibility index (Phi) is 4.88. The second-order valence-electron chi connectivity index (χ2n) is 3.60. The molecule has 0 aromatic heterocycles. The highest BCUT2D eigenvalue weighted by atomic mass is 79.9. The topological polar surface area (TPSA) is 88.2 Å². The molecule has 0 aromatic carbocycles. The molecule has 1 fully saturated rings. The molecule has 1 aliphatic rings. The Balaban J connectivity index is 2.72. The van der Waals surface area contributed by atoms with Gasteiger partial charge in [-0.05, 0) is 35.7 Å². The molecule has 7 heteroatoms. The quantitative estimate of drug-likeness (QED) is 0.468. The predicted molar refractivity (Wildman–Crippen MR) is 63.3 cm³/mol. The summed E-state index contributed by atoms with van der Waals surface area (Å²) in [5.41, 5.74) is 0.160. The minimum Gasteiger partial charge on any atom is -0.379 e. The van der Waals surface area contributed by atoms with E-state index < -0.39 is 4.92 Å². The van der Waals surface area contributed by atoms with E-state index in [1.165, 1.54) is 0 Å². The van der Waals surface area contributed by atoms with Gasteiger partial charge in [-0.25, -0.2) is 0 Å². The first kappa shape index (κ1) is 13.1. The number of nitro groups is 1. The highest BCUT2D eigenvalue weighted by molar-refractivity contribution is 9.18. The second kappa shape index (κ2) is 5.95. The number of allylic oxidation sites excluding steroid dienone is 2. The number of nitrogens with zero attached hydrogens (tertiary/aromatic N) is 1. The minimum atomic E-state index is -0.566. The van der Waals surface area contributed by atoms with E-state index in [4.69, 9.17) is 10.1 Å². The fourth-order valence-electron chi connectivity index (χ4n) is 1.61. The number of nitrogens with one attached hydrogen (secondary N) is 2. The van der Waals surface area contributed by atoms with Gasteiger partial charge in [0.2, 0.25) is 0 Å². The summed E-state index contributed by atoms with van der Waals surface area (Å²) in [6, 6.07) is 0.0931. The molecule has 0 aliphatic carbocycles. The molecule has 1 atom stereocenters. The molecule has 0 saturated carbocycles. The first-order chi connectivity index (χ1) is 7.52. The van der Waals surface area contributed by atoms with Crippen molar-refractivity contribution in [1.29, 1.82) is 5.41 Å². The summed E-state index contributed by atoms with van der Waals surface area (Å²) in [6.45, 7) is 2.90. The maximum absolute atomic E-state index is 10.7. The van der Waals surface area contributed by atoms with Crippen molar-refractivity contribution in [1.82, 2.24) is 5.32 Å². The standard InChI is InChI=1S/C9H14BrN3O3/c1-6(8(9(10)11)13(14)15)12-7-3-2-4-16-5-7/h7,11-12H,2-5H2,1H3/b8-6+,11-9?. The average Bonchev–Trinajstić information content (AvgIpc) is 2.17. The lowest BCUT2D eigenvalue weighted by Gasteiger charge is -2.24. The molecule has 1 heterocycles. The zero-order valence-electron chi connectivity index (χ0n) is 8.96. The minimum absolute atomic E-state index is 0.0931. The summed E-state index contributed by atoms with van der Waals surface area (Å²) in [5, 5.41) is 21.0. The van der Waals surface area contributed by atoms with Crippen molar-refractivity contribution in [3.63, 3.8) is 0 Å². The lowest BCUT2D eigenvalue weighted by molar-refractivity contribution is -0.416. The second-order valence-corrected chi connectivity index (χ2v) is 4.40. The molecule has 0 amide bonds. The largest absolute Gasteiger partial charge is 0.379 e. The molecule has 0 radical (unpaired) electrons. The van der Waals surface area contributed by atoms with Gasteiger partial charge in [-0.15, -0.1) is 0 Å². The van der Waals surface area contributed by atoms with E-state index in [9.17, 15) is 10.1 Å². The third-order valence-corrected chi connectivity index (χ3v) is 2.70. The van der Waals surface area contributed by atoms with Crippen LogP contribution in [0.1, 0.15) is 19.8 Å². The van der Waals surface area contributed by atoms with Gasteiger partial charge in [-0.1, -0.05) is 0 Å². The molecule has 1 rings (SSSR count). The Labute approximate surface area is 102 Å². The van der Waals surface area contributed by atoms with Crippen LogP contribution in [0.15, 0.2) is 11.4 Å². The van der Waals surface area contributed by atoms with Crippen LogP contribution in [0.4, 0.5) is 0 Å². The molecule has 2 N–H and O–H groups in total. The third-order valence-electron chi connectivity index (χ3n) is 2.33. The lowest BCUT2D eigenvalue weighted by atomic mass is 10.1. The van der Waals surface area contributed by atoms with Gasteiger partial charge in [0.15, 0.2) is 4.62 Å². The van der Waals surface area contributed by atoms with Gasteiger partial charge in [-0.2, -0.15) is 0 Å². The Hall–Kier alpha value is -0.950. The van der Waals surface area contributed by atoms with Crippen molar-refractivity contribution in [2.45, 2.75) is 25.8 Å². The van der Waals surface area contributed by atoms with Crippen molar-refractivity contribution in [3.8, 4) is 0 Å². The highest BCUT2D eigenvalue weighted by Crippen LogP contribution is 2.12. The summed E-state index contributed by atoms with van der Waals surface area (Å²) >= 11 is 2.82. The van der Waals surface area contributed by atoms with E-state index >= 15 is 0 Å². The van der Waals surface area contributed by atoms with Crippen molar-refractivity contribution < 1.29 is 9.66 Å². The Morgan fingerprint density at radius 2 is 2.38 bits per heavy atom. The van der Waals surface area contributed by atoms with Gasteiger partial charge in [0.05, 0.1) is 17.2 Å². The first-order valence-electron chi connectivity index (χ1n) is 4.96. The molecule has 1 saturated heterocycles. The summed E-state index contributed by atoms with van der Waals surface area (Å²) in [5.74, 6) is 0. The van der Waals surface area contributed by atoms with Crippen molar-refractivity contribution >= 4 is 20.6 Å². The SMILES string of the molecule is C/C(NC1CCCOC1)=C(/C(=N)Br)[N+](=O)[O-]. The molecule has 0 bridgehead atoms. The number of hydrogen-bond donors (Lipinski definition) is 2. The van der Waals surface area contributed by atoms with Crippen LogP contribution in [-0.4, -0.2) is 28.8 Å². The molecule has 16 heavy (non-hydrogen) atoms. The third kappa shape index (κ3) is 3.57. The van der Waals surface area contributed by atoms with Crippen molar-refractivity contribution in [2.75, 3.05) is 13.2 Å². The van der Waals surface area contributed by atoms with Crippen molar-refractivity contribution in [3.05, 3.63) is 21.5 Å². The molecule has 90 valence electrons. The monoisotopic (exact) mass is 291 g/mol. The van der Waals surface area contributed by atoms with Crippen LogP contribution in [0.3, 0.4) is 0 Å². The Morgan fingerprint density at radius 1 is 1.69 bits per heavy atom. The van der Waals surface area contributed by atoms with E-state index in [2.05, 4.69) is 21.2 Å². The predicted octanol–water partition coefficient (Wildman–Crippen LogP) is 1.64. The highest BCUT2D eigenvalue weighted by Gasteiger charge is 2.22. The van der Waals surface area contributed by atoms with Crippen LogP contribution in [0, 0.1) is 15.5 Å². The summed E-state index contributed by atoms with van der Waals surface area (Å²) in [7, 11) is 0. The lowest BCUT2D eigenvalue weighted by Crippen LogP contribution is -2.36. The van der Waals surface area contributed by atoms with Gasteiger partial charge in [0.25, 0.3) is 0 Å². The molecular formula is C9H14BrN3O3. The van der Waals surface area contributed by atoms with Crippen molar-refractivity contribution in [2.24, 2.45) is 0 Å². The average molecular weight is 292 g/mol. The fraction of sp³-hybridized carbons (Fsp3) is 0.667. The maximum atomic E-state index is 10.7. The van der Waals surface area contributed by atoms with E-state index in [0.29, 0.717) is 12.3 Å². The van der Waals surface area contributed by atoms with Crippen LogP contribution in [0.5, 0.6) is 0 Å². The van der Waals surface area contributed by atoms with Crippen LogP contribution < -0.4 is 5.32 Å². The summed E-state index contributed by atoms with van der Waals surface area (Å²) in [4.78, 5) is 10.2. The number of halogens is 1. The smallest absolute Gasteiger partial charge is 0.319 e. The van der Waals surface area contributed by atoms with Crippen LogP contribution in [0.25, 0.3) is 0 Å². The van der Waals surface area contributed by atoms with E-state index in [0.717, 1.165) is 19.4 Å². The number of rotatable bonds is 4. The van der Waals surface area contributed by atoms with Gasteiger partial charge in [0, 0.05) is 12.6 Å². The fourth-order valence-corrected chi connectivity index (χ4v) is 2.05. The molecule has 0 aromatic rings. The Morgan fingerprint density at radius 3 is 2.81 bits per heavy atom. The van der Waals surface area contributed by atoms with Gasteiger partial charge in [-0.3, -0.25) is 15.5 Å². The van der Waals surface area contributed by atoms with E-state index in [1.54, 1.807) is 6.92 Å². The maximum Gasteiger partial charge on any atom is 0.319 e. The van der Waals surface area contributed by atoms with Crippen LogP contribution >= 0.6 is 15.9 Å². The van der Waals surface area contributed by atoms with Crippen LogP contribution in [-0.2, 0) is 4.74 Å². The zero-order valence-corrected chi connectivity index (χ0v) is 10.5. The molecule has 0 spiro atoms. The van der Waals surface area contributed by atoms with Crippen LogP contribution in [0.2, 0.25) is 0 Å². The first-order valence-corrected chi connectivity index (χ1v) is 5.75. The Bertz CT molecular complexity index is 308. The molecule has 1 aliphatic heterocycles. The van der Waals surface area contributed by atoms with E-state index in [1.807, 2.05) is 0 Å². The number of hydrogen-bond acceptors (Lipinski definition) is 5. The zero-order chi connectivity index (χ0) is 12.1. The number of ether oxygens (including phenoxy) is 1. The normalized spacial score (nSPS) is 22.2. The molecule has 1 unspecified atom stereocenters. The van der Waals surface area contributed by atoms with Gasteiger partial charge < -0.3 is 10.1 Å². The van der Waals surface area contributed by atoms with E-state index in [-0.39, 0.29) is 16.4 Å². The van der Waals surface area contributed by atoms with Gasteiger partial charge in [0.1, 0.15) is 0 Å².